The molecule has 1 heterocycles. The summed E-state index contributed by atoms with van der Waals surface area (Å²) in [6.07, 6.45) is 1.86. The van der Waals surface area contributed by atoms with Gasteiger partial charge in [-0.05, 0) is 49.2 Å². The highest BCUT2D eigenvalue weighted by Crippen LogP contribution is 2.24. The average Bonchev–Trinajstić information content (AvgIpc) is 2.42. The van der Waals surface area contributed by atoms with Gasteiger partial charge in [-0.1, -0.05) is 0 Å². The minimum Gasteiger partial charge on any atom is -0.496 e. The highest BCUT2D eigenvalue weighted by molar-refractivity contribution is 5.99. The van der Waals surface area contributed by atoms with Gasteiger partial charge in [-0.3, -0.25) is 4.79 Å². The van der Waals surface area contributed by atoms with Gasteiger partial charge in [0.2, 0.25) is 0 Å². The third kappa shape index (κ3) is 2.78. The molecule has 0 fully saturated rings. The van der Waals surface area contributed by atoms with Crippen LogP contribution in [0, 0.1) is 13.8 Å². The monoisotopic (exact) mass is 256 g/mol. The van der Waals surface area contributed by atoms with Crippen LogP contribution in [-0.4, -0.2) is 23.1 Å². The van der Waals surface area contributed by atoms with E-state index in [-0.39, 0.29) is 12.2 Å². The molecular weight excluding hydrogens is 240 g/mol. The lowest BCUT2D eigenvalue weighted by Crippen LogP contribution is -2.08. The lowest BCUT2D eigenvalue weighted by atomic mass is 9.97. The van der Waals surface area contributed by atoms with Gasteiger partial charge in [-0.2, -0.15) is 10.2 Å². The minimum absolute atomic E-state index is 0.0451. The van der Waals surface area contributed by atoms with Crippen LogP contribution in [0.3, 0.4) is 0 Å². The van der Waals surface area contributed by atoms with E-state index in [1.165, 1.54) is 0 Å². The number of ether oxygens (including phenoxy) is 1. The topological polar surface area (TPSA) is 52.1 Å². The Morgan fingerprint density at radius 3 is 2.63 bits per heavy atom. The third-order valence-electron chi connectivity index (χ3n) is 3.23. The number of methoxy groups -OCH3 is 1. The Bertz CT molecular complexity index is 595. The lowest BCUT2D eigenvalue weighted by molar-refractivity contribution is 0.0991. The number of benzene rings is 1. The molecule has 4 heteroatoms. The number of rotatable bonds is 4. The van der Waals surface area contributed by atoms with E-state index in [1.807, 2.05) is 19.9 Å². The maximum Gasteiger partial charge on any atom is 0.169 e. The van der Waals surface area contributed by atoms with E-state index in [0.717, 1.165) is 16.9 Å². The van der Waals surface area contributed by atoms with E-state index >= 15 is 0 Å². The minimum atomic E-state index is 0.0451. The SMILES string of the molecule is COc1ccc(C(=O)Cc2cccnn2)c(C)c1C. The molecule has 0 N–H and O–H groups in total. The third-order valence-corrected chi connectivity index (χ3v) is 3.23. The summed E-state index contributed by atoms with van der Waals surface area (Å²) >= 11 is 0. The predicted octanol–water partition coefficient (Wildman–Crippen LogP) is 2.53. The molecule has 0 spiro atoms. The van der Waals surface area contributed by atoms with E-state index in [9.17, 15) is 4.79 Å². The van der Waals surface area contributed by atoms with Gasteiger partial charge in [-0.25, -0.2) is 0 Å². The standard InChI is InChI=1S/C15H16N2O2/c1-10-11(2)15(19-3)7-6-13(10)14(18)9-12-5-4-8-16-17-12/h4-8H,9H2,1-3H3. The number of ketones is 1. The molecule has 1 aromatic carbocycles. The first-order chi connectivity index (χ1) is 9.13. The summed E-state index contributed by atoms with van der Waals surface area (Å²) in [6, 6.07) is 7.21. The van der Waals surface area contributed by atoms with E-state index in [2.05, 4.69) is 10.2 Å². The molecule has 0 bridgehead atoms. The molecule has 0 radical (unpaired) electrons. The fourth-order valence-corrected chi connectivity index (χ4v) is 2.01. The first kappa shape index (κ1) is 13.2. The molecule has 0 atom stereocenters. The molecule has 0 aliphatic heterocycles. The molecule has 0 amide bonds. The molecule has 2 aromatic rings. The second-order valence-corrected chi connectivity index (χ2v) is 4.38. The summed E-state index contributed by atoms with van der Waals surface area (Å²) in [7, 11) is 1.63. The highest BCUT2D eigenvalue weighted by Gasteiger charge is 2.14. The Balaban J connectivity index is 2.27. The number of hydrogen-bond donors (Lipinski definition) is 0. The van der Waals surface area contributed by atoms with E-state index in [0.29, 0.717) is 11.3 Å². The zero-order valence-electron chi connectivity index (χ0n) is 11.3. The first-order valence-corrected chi connectivity index (χ1v) is 6.07. The van der Waals surface area contributed by atoms with Gasteiger partial charge in [-0.15, -0.1) is 0 Å². The summed E-state index contributed by atoms with van der Waals surface area (Å²) in [4.78, 5) is 12.3. The summed E-state index contributed by atoms with van der Waals surface area (Å²) in [5.41, 5.74) is 3.34. The van der Waals surface area contributed by atoms with Crippen molar-refractivity contribution in [1.82, 2.24) is 10.2 Å². The molecular formula is C15H16N2O2. The Kier molecular flexibility index (Phi) is 3.90. The normalized spacial score (nSPS) is 10.3. The molecule has 0 aliphatic carbocycles. The van der Waals surface area contributed by atoms with E-state index < -0.39 is 0 Å². The van der Waals surface area contributed by atoms with Crippen LogP contribution < -0.4 is 4.74 Å². The highest BCUT2D eigenvalue weighted by atomic mass is 16.5. The summed E-state index contributed by atoms with van der Waals surface area (Å²) in [5, 5.41) is 7.71. The fourth-order valence-electron chi connectivity index (χ4n) is 2.01. The molecule has 19 heavy (non-hydrogen) atoms. The number of carbonyl (C=O) groups excluding carboxylic acids is 1. The van der Waals surface area contributed by atoms with Gasteiger partial charge in [0.25, 0.3) is 0 Å². The molecule has 4 nitrogen and oxygen atoms in total. The number of hydrogen-bond acceptors (Lipinski definition) is 4. The number of carbonyl (C=O) groups is 1. The Hall–Kier alpha value is -2.23. The van der Waals surface area contributed by atoms with E-state index in [4.69, 9.17) is 4.74 Å². The predicted molar refractivity (Wildman–Crippen MR) is 72.5 cm³/mol. The van der Waals surface area contributed by atoms with Crippen LogP contribution in [0.4, 0.5) is 0 Å². The van der Waals surface area contributed by atoms with E-state index in [1.54, 1.807) is 31.5 Å². The van der Waals surface area contributed by atoms with Gasteiger partial charge in [0.1, 0.15) is 5.75 Å². The van der Waals surface area contributed by atoms with Crippen LogP contribution in [0.15, 0.2) is 30.5 Å². The number of Topliss-reactive ketones (excluding diaryl/α,β-unsaturated/α-hetero) is 1. The molecule has 2 rings (SSSR count). The molecule has 98 valence electrons. The Morgan fingerprint density at radius 2 is 2.00 bits per heavy atom. The van der Waals surface area contributed by atoms with Crippen molar-refractivity contribution in [3.05, 3.63) is 52.8 Å². The average molecular weight is 256 g/mol. The van der Waals surface area contributed by atoms with Gasteiger partial charge in [0.05, 0.1) is 19.2 Å². The van der Waals surface area contributed by atoms with Crippen LogP contribution >= 0.6 is 0 Å². The van der Waals surface area contributed by atoms with Crippen molar-refractivity contribution in [2.45, 2.75) is 20.3 Å². The van der Waals surface area contributed by atoms with Crippen LogP contribution in [0.1, 0.15) is 27.2 Å². The summed E-state index contributed by atoms with van der Waals surface area (Å²) < 4.78 is 5.25. The Labute approximate surface area is 112 Å². The van der Waals surface area contributed by atoms with Gasteiger partial charge < -0.3 is 4.74 Å². The lowest BCUT2D eigenvalue weighted by Gasteiger charge is -2.11. The van der Waals surface area contributed by atoms with Crippen LogP contribution in [-0.2, 0) is 6.42 Å². The van der Waals surface area contributed by atoms with Crippen molar-refractivity contribution in [2.75, 3.05) is 7.11 Å². The maximum atomic E-state index is 12.3. The fraction of sp³-hybridized carbons (Fsp3) is 0.267. The zero-order valence-corrected chi connectivity index (χ0v) is 11.3. The van der Waals surface area contributed by atoms with Crippen molar-refractivity contribution >= 4 is 5.78 Å². The second-order valence-electron chi connectivity index (χ2n) is 4.38. The number of nitrogens with zero attached hydrogens (tertiary/aromatic N) is 2. The van der Waals surface area contributed by atoms with Gasteiger partial charge in [0.15, 0.2) is 5.78 Å². The molecule has 0 saturated heterocycles. The van der Waals surface area contributed by atoms with Crippen molar-refractivity contribution in [2.24, 2.45) is 0 Å². The zero-order chi connectivity index (χ0) is 13.8. The summed E-state index contributed by atoms with van der Waals surface area (Å²) in [5.74, 6) is 0.845. The summed E-state index contributed by atoms with van der Waals surface area (Å²) in [6.45, 7) is 3.88. The van der Waals surface area contributed by atoms with Gasteiger partial charge in [0, 0.05) is 11.8 Å². The van der Waals surface area contributed by atoms with Crippen LogP contribution in [0.5, 0.6) is 5.75 Å². The van der Waals surface area contributed by atoms with Crippen molar-refractivity contribution in [1.29, 1.82) is 0 Å². The van der Waals surface area contributed by atoms with Gasteiger partial charge >= 0.3 is 0 Å². The first-order valence-electron chi connectivity index (χ1n) is 6.07. The number of aromatic nitrogens is 2. The molecule has 0 saturated carbocycles. The molecule has 0 unspecified atom stereocenters. The molecule has 1 aromatic heterocycles. The maximum absolute atomic E-state index is 12.3. The van der Waals surface area contributed by atoms with Crippen LogP contribution in [0.25, 0.3) is 0 Å². The largest absolute Gasteiger partial charge is 0.496 e. The Morgan fingerprint density at radius 1 is 1.21 bits per heavy atom. The quantitative estimate of drug-likeness (QED) is 0.789. The van der Waals surface area contributed by atoms with Crippen molar-refractivity contribution < 1.29 is 9.53 Å². The second kappa shape index (κ2) is 5.61. The van der Waals surface area contributed by atoms with Crippen LogP contribution in [0.2, 0.25) is 0 Å². The van der Waals surface area contributed by atoms with Crippen molar-refractivity contribution in [3.8, 4) is 5.75 Å². The van der Waals surface area contributed by atoms with Crippen molar-refractivity contribution in [3.63, 3.8) is 0 Å². The molecule has 0 aliphatic rings. The smallest absolute Gasteiger partial charge is 0.169 e.